The largest absolute Gasteiger partial charge is 0.493 e. The number of benzene rings is 1. The maximum absolute atomic E-state index is 11.3. The number of aliphatic hydroxyl groups is 1. The van der Waals surface area contributed by atoms with E-state index in [4.69, 9.17) is 4.74 Å². The Labute approximate surface area is 123 Å². The van der Waals surface area contributed by atoms with Gasteiger partial charge in [-0.3, -0.25) is 10.1 Å². The van der Waals surface area contributed by atoms with Crippen LogP contribution in [0.25, 0.3) is 0 Å². The van der Waals surface area contributed by atoms with E-state index >= 15 is 0 Å². The molecule has 0 aliphatic rings. The summed E-state index contributed by atoms with van der Waals surface area (Å²) in [6.07, 6.45) is -0.592. The molecule has 0 aromatic heterocycles. The number of nitro benzene ring substituents is 1. The highest BCUT2D eigenvalue weighted by molar-refractivity contribution is 7.91. The lowest BCUT2D eigenvalue weighted by molar-refractivity contribution is -0.385. The number of hydrogen-bond acceptors (Lipinski definition) is 6. The highest BCUT2D eigenvalue weighted by Crippen LogP contribution is 2.29. The average molecular weight is 317 g/mol. The minimum Gasteiger partial charge on any atom is -0.493 e. The minimum absolute atomic E-state index is 0.0283. The van der Waals surface area contributed by atoms with Gasteiger partial charge in [-0.15, -0.1) is 0 Å². The van der Waals surface area contributed by atoms with Gasteiger partial charge in [-0.05, 0) is 19.4 Å². The Kier molecular flexibility index (Phi) is 6.10. The monoisotopic (exact) mass is 317 g/mol. The van der Waals surface area contributed by atoms with Crippen molar-refractivity contribution >= 4 is 15.5 Å². The first-order valence-electron chi connectivity index (χ1n) is 6.56. The summed E-state index contributed by atoms with van der Waals surface area (Å²) in [5.74, 6) is 0.439. The van der Waals surface area contributed by atoms with E-state index in [0.29, 0.717) is 17.7 Å². The highest BCUT2D eigenvalue weighted by atomic mass is 32.2. The van der Waals surface area contributed by atoms with Crippen LogP contribution in [0.5, 0.6) is 5.75 Å². The smallest absolute Gasteiger partial charge is 0.270 e. The molecule has 0 aliphatic heterocycles. The number of hydrogen-bond donors (Lipinski definition) is 1. The van der Waals surface area contributed by atoms with Crippen LogP contribution in [0.15, 0.2) is 18.2 Å². The first kappa shape index (κ1) is 17.4. The van der Waals surface area contributed by atoms with E-state index in [0.717, 1.165) is 0 Å². The molecule has 7 nitrogen and oxygen atoms in total. The Morgan fingerprint density at radius 1 is 1.43 bits per heavy atom. The lowest BCUT2D eigenvalue weighted by atomic mass is 10.1. The van der Waals surface area contributed by atoms with Crippen molar-refractivity contribution in [3.63, 3.8) is 0 Å². The normalized spacial score (nSPS) is 12.9. The van der Waals surface area contributed by atoms with Crippen molar-refractivity contribution in [2.24, 2.45) is 0 Å². The molecule has 1 aromatic carbocycles. The Bertz CT molecular complexity index is 597. The molecule has 1 unspecified atom stereocenters. The van der Waals surface area contributed by atoms with Gasteiger partial charge in [0.1, 0.15) is 15.6 Å². The number of aliphatic hydroxyl groups excluding tert-OH is 1. The third kappa shape index (κ3) is 5.31. The van der Waals surface area contributed by atoms with Crippen molar-refractivity contribution in [1.29, 1.82) is 0 Å². The molecule has 118 valence electrons. The lowest BCUT2D eigenvalue weighted by Gasteiger charge is -2.13. The molecule has 1 N–H and O–H groups in total. The summed E-state index contributed by atoms with van der Waals surface area (Å²) in [7, 11) is -3.04. The molecule has 0 aliphatic carbocycles. The van der Waals surface area contributed by atoms with Crippen LogP contribution < -0.4 is 4.74 Å². The first-order valence-corrected chi connectivity index (χ1v) is 8.38. The number of nitro groups is 1. The Hall–Kier alpha value is -1.67. The van der Waals surface area contributed by atoms with Crippen LogP contribution in [-0.2, 0) is 9.84 Å². The molecule has 1 rings (SSSR count). The van der Waals surface area contributed by atoms with E-state index in [1.54, 1.807) is 6.92 Å². The van der Waals surface area contributed by atoms with Crippen LogP contribution in [0, 0.1) is 10.1 Å². The second-order valence-corrected chi connectivity index (χ2v) is 7.07. The summed E-state index contributed by atoms with van der Waals surface area (Å²) < 4.78 is 28.1. The second-order valence-electron chi connectivity index (χ2n) is 4.59. The van der Waals surface area contributed by atoms with Crippen molar-refractivity contribution in [2.45, 2.75) is 26.4 Å². The van der Waals surface area contributed by atoms with Crippen LogP contribution in [0.4, 0.5) is 5.69 Å². The van der Waals surface area contributed by atoms with Gasteiger partial charge >= 0.3 is 0 Å². The molecule has 0 bridgehead atoms. The van der Waals surface area contributed by atoms with Gasteiger partial charge in [0.05, 0.1) is 23.4 Å². The summed E-state index contributed by atoms with van der Waals surface area (Å²) in [5, 5.41) is 20.3. The van der Waals surface area contributed by atoms with Crippen molar-refractivity contribution in [1.82, 2.24) is 0 Å². The molecule has 0 heterocycles. The lowest BCUT2D eigenvalue weighted by Crippen LogP contribution is -2.12. The molecular formula is C13H19NO6S. The van der Waals surface area contributed by atoms with Gasteiger partial charge in [-0.1, -0.05) is 6.92 Å². The maximum atomic E-state index is 11.3. The van der Waals surface area contributed by atoms with Crippen molar-refractivity contribution in [2.75, 3.05) is 18.1 Å². The molecule has 0 amide bonds. The fourth-order valence-corrected chi connectivity index (χ4v) is 2.56. The summed E-state index contributed by atoms with van der Waals surface area (Å²) in [6, 6.07) is 3.95. The number of ether oxygens (including phenoxy) is 1. The van der Waals surface area contributed by atoms with Crippen molar-refractivity contribution < 1.29 is 23.2 Å². The second kappa shape index (κ2) is 7.37. The van der Waals surface area contributed by atoms with Crippen molar-refractivity contribution in [3.8, 4) is 5.75 Å². The third-order valence-electron chi connectivity index (χ3n) is 2.95. The summed E-state index contributed by atoms with van der Waals surface area (Å²) in [5.41, 5.74) is 0.175. The van der Waals surface area contributed by atoms with Gasteiger partial charge in [-0.25, -0.2) is 8.42 Å². The zero-order valence-corrected chi connectivity index (χ0v) is 12.8. The van der Waals surface area contributed by atoms with Gasteiger partial charge in [0.25, 0.3) is 5.69 Å². The molecule has 0 saturated heterocycles. The highest BCUT2D eigenvalue weighted by Gasteiger charge is 2.15. The van der Waals surface area contributed by atoms with Gasteiger partial charge in [-0.2, -0.15) is 0 Å². The molecular weight excluding hydrogens is 298 g/mol. The summed E-state index contributed by atoms with van der Waals surface area (Å²) in [4.78, 5) is 10.2. The topological polar surface area (TPSA) is 107 Å². The molecule has 0 fully saturated rings. The van der Waals surface area contributed by atoms with Gasteiger partial charge in [0, 0.05) is 23.4 Å². The number of sulfone groups is 1. The number of non-ortho nitro benzene ring substituents is 1. The van der Waals surface area contributed by atoms with E-state index in [1.807, 2.05) is 0 Å². The Morgan fingerprint density at radius 3 is 2.62 bits per heavy atom. The van der Waals surface area contributed by atoms with Crippen LogP contribution >= 0.6 is 0 Å². The van der Waals surface area contributed by atoms with Gasteiger partial charge in [0.15, 0.2) is 0 Å². The number of rotatable bonds is 8. The summed E-state index contributed by atoms with van der Waals surface area (Å²) in [6.45, 7) is 3.22. The maximum Gasteiger partial charge on any atom is 0.270 e. The Balaban J connectivity index is 2.73. The number of nitrogens with zero attached hydrogens (tertiary/aromatic N) is 1. The fraction of sp³-hybridized carbons (Fsp3) is 0.538. The van der Waals surface area contributed by atoms with E-state index in [9.17, 15) is 23.6 Å². The van der Waals surface area contributed by atoms with E-state index in [1.165, 1.54) is 25.1 Å². The molecule has 0 radical (unpaired) electrons. The fourth-order valence-electron chi connectivity index (χ4n) is 1.71. The van der Waals surface area contributed by atoms with E-state index < -0.39 is 20.9 Å². The zero-order chi connectivity index (χ0) is 16.0. The average Bonchev–Trinajstić information content (AvgIpc) is 2.43. The predicted molar refractivity (Wildman–Crippen MR) is 78.2 cm³/mol. The van der Waals surface area contributed by atoms with Gasteiger partial charge in [0.2, 0.25) is 0 Å². The molecule has 21 heavy (non-hydrogen) atoms. The van der Waals surface area contributed by atoms with Gasteiger partial charge < -0.3 is 9.84 Å². The van der Waals surface area contributed by atoms with Crippen LogP contribution in [0.3, 0.4) is 0 Å². The van der Waals surface area contributed by atoms with Crippen LogP contribution in [0.1, 0.15) is 31.9 Å². The SMILES string of the molecule is CCS(=O)(=O)CCCOc1ccc([N+](=O)[O-])cc1C(C)O. The quantitative estimate of drug-likeness (QED) is 0.445. The van der Waals surface area contributed by atoms with Crippen LogP contribution in [-0.4, -0.2) is 36.6 Å². The van der Waals surface area contributed by atoms with Crippen molar-refractivity contribution in [3.05, 3.63) is 33.9 Å². The van der Waals surface area contributed by atoms with Crippen LogP contribution in [0.2, 0.25) is 0 Å². The Morgan fingerprint density at radius 2 is 2.10 bits per heavy atom. The molecule has 1 atom stereocenters. The molecule has 8 heteroatoms. The molecule has 0 saturated carbocycles. The third-order valence-corrected chi connectivity index (χ3v) is 4.74. The van der Waals surface area contributed by atoms with E-state index in [2.05, 4.69) is 0 Å². The van der Waals surface area contributed by atoms with E-state index in [-0.39, 0.29) is 23.8 Å². The summed E-state index contributed by atoms with van der Waals surface area (Å²) >= 11 is 0. The molecule has 0 spiro atoms. The minimum atomic E-state index is -3.04. The molecule has 1 aromatic rings. The first-order chi connectivity index (χ1) is 9.76. The zero-order valence-electron chi connectivity index (χ0n) is 12.0. The predicted octanol–water partition coefficient (Wildman–Crippen LogP) is 1.85. The standard InChI is InChI=1S/C13H19NO6S/c1-3-21(18,19)8-4-7-20-13-6-5-11(14(16)17)9-12(13)10(2)15/h5-6,9-10,15H,3-4,7-8H2,1-2H3.